The number of aromatic nitrogens is 2. The lowest BCUT2D eigenvalue weighted by atomic mass is 10.2. The van der Waals surface area contributed by atoms with Crippen molar-refractivity contribution in [3.05, 3.63) is 40.5 Å². The zero-order valence-corrected chi connectivity index (χ0v) is 13.8. The molecule has 0 saturated heterocycles. The van der Waals surface area contributed by atoms with Crippen LogP contribution in [0.3, 0.4) is 0 Å². The normalized spacial score (nSPS) is 11.5. The molecule has 1 heterocycles. The van der Waals surface area contributed by atoms with E-state index in [-0.39, 0.29) is 15.5 Å². The van der Waals surface area contributed by atoms with Crippen LogP contribution in [0.25, 0.3) is 0 Å². The second kappa shape index (κ2) is 6.07. The number of carbonyl (C=O) groups excluding carboxylic acids is 1. The zero-order valence-electron chi connectivity index (χ0n) is 12.2. The minimum absolute atomic E-state index is 0.0364. The summed E-state index contributed by atoms with van der Waals surface area (Å²) in [5.74, 6) is -0.0263. The summed E-state index contributed by atoms with van der Waals surface area (Å²) in [5.41, 5.74) is 0.812. The molecule has 0 fully saturated rings. The Hall–Kier alpha value is -1.90. The van der Waals surface area contributed by atoms with E-state index < -0.39 is 15.9 Å². The van der Waals surface area contributed by atoms with Gasteiger partial charge in [-0.05, 0) is 32.2 Å². The third-order valence-electron chi connectivity index (χ3n) is 3.01. The summed E-state index contributed by atoms with van der Waals surface area (Å²) >= 11 is 6.00. The Morgan fingerprint density at radius 2 is 2.00 bits per heavy atom. The van der Waals surface area contributed by atoms with Crippen molar-refractivity contribution in [3.63, 3.8) is 0 Å². The first-order valence-corrected chi connectivity index (χ1v) is 8.16. The van der Waals surface area contributed by atoms with Gasteiger partial charge in [0.1, 0.15) is 5.82 Å². The van der Waals surface area contributed by atoms with Gasteiger partial charge >= 0.3 is 0 Å². The summed E-state index contributed by atoms with van der Waals surface area (Å²) < 4.78 is 27.3. The molecular formula is C13H15ClN4O3S. The summed E-state index contributed by atoms with van der Waals surface area (Å²) in [5, 5.41) is 6.92. The molecule has 2 aromatic rings. The molecule has 0 radical (unpaired) electrons. The number of sulfonamides is 1. The van der Waals surface area contributed by atoms with Crippen molar-refractivity contribution in [3.8, 4) is 0 Å². The van der Waals surface area contributed by atoms with Crippen LogP contribution in [0.5, 0.6) is 0 Å². The Bertz CT molecular complexity index is 830. The number of hydrogen-bond donors (Lipinski definition) is 2. The first-order valence-electron chi connectivity index (χ1n) is 6.29. The van der Waals surface area contributed by atoms with Gasteiger partial charge in [-0.2, -0.15) is 5.10 Å². The third-order valence-corrected chi connectivity index (χ3v) is 4.75. The molecule has 0 aliphatic heterocycles. The number of anilines is 1. The number of hydrogen-bond acceptors (Lipinski definition) is 4. The molecule has 1 amide bonds. The van der Waals surface area contributed by atoms with E-state index in [1.54, 1.807) is 20.0 Å². The number of aryl methyl sites for hydroxylation is 2. The maximum atomic E-state index is 12.3. The minimum atomic E-state index is -3.65. The van der Waals surface area contributed by atoms with E-state index in [0.29, 0.717) is 5.82 Å². The van der Waals surface area contributed by atoms with Gasteiger partial charge < -0.3 is 5.32 Å². The molecule has 2 N–H and O–H groups in total. The van der Waals surface area contributed by atoms with Gasteiger partial charge in [0.15, 0.2) is 0 Å². The smallest absolute Gasteiger partial charge is 0.258 e. The quantitative estimate of drug-likeness (QED) is 0.881. The van der Waals surface area contributed by atoms with Crippen molar-refractivity contribution in [1.82, 2.24) is 14.5 Å². The molecule has 0 aliphatic carbocycles. The van der Waals surface area contributed by atoms with Gasteiger partial charge in [0.25, 0.3) is 5.91 Å². The van der Waals surface area contributed by atoms with Crippen LogP contribution in [0.4, 0.5) is 5.82 Å². The topological polar surface area (TPSA) is 93.1 Å². The van der Waals surface area contributed by atoms with Crippen molar-refractivity contribution < 1.29 is 13.2 Å². The first kappa shape index (κ1) is 16.5. The molecule has 2 rings (SSSR count). The average molecular weight is 343 g/mol. The van der Waals surface area contributed by atoms with Crippen LogP contribution in [-0.4, -0.2) is 31.2 Å². The number of amides is 1. The zero-order chi connectivity index (χ0) is 16.5. The molecule has 7 nitrogen and oxygen atoms in total. The Morgan fingerprint density at radius 3 is 2.55 bits per heavy atom. The average Bonchev–Trinajstić information content (AvgIpc) is 2.77. The molecule has 0 aliphatic rings. The maximum absolute atomic E-state index is 12.3. The minimum Gasteiger partial charge on any atom is -0.307 e. The van der Waals surface area contributed by atoms with Crippen molar-refractivity contribution in [2.24, 2.45) is 7.05 Å². The van der Waals surface area contributed by atoms with E-state index in [1.165, 1.54) is 29.9 Å². The monoisotopic (exact) mass is 342 g/mol. The number of nitrogens with zero attached hydrogens (tertiary/aromatic N) is 2. The second-order valence-corrected chi connectivity index (χ2v) is 6.89. The molecule has 22 heavy (non-hydrogen) atoms. The highest BCUT2D eigenvalue weighted by Crippen LogP contribution is 2.22. The first-order chi connectivity index (χ1) is 10.2. The predicted molar refractivity (Wildman–Crippen MR) is 83.6 cm³/mol. The predicted octanol–water partition coefficient (Wildman–Crippen LogP) is 1.54. The molecule has 0 atom stereocenters. The van der Waals surface area contributed by atoms with E-state index in [2.05, 4.69) is 15.1 Å². The van der Waals surface area contributed by atoms with Gasteiger partial charge in [-0.25, -0.2) is 13.1 Å². The van der Waals surface area contributed by atoms with Crippen molar-refractivity contribution in [1.29, 1.82) is 0 Å². The third kappa shape index (κ3) is 3.29. The fraction of sp³-hybridized carbons (Fsp3) is 0.231. The summed E-state index contributed by atoms with van der Waals surface area (Å²) in [6, 6.07) is 5.63. The van der Waals surface area contributed by atoms with E-state index in [0.717, 1.165) is 5.69 Å². The maximum Gasteiger partial charge on any atom is 0.258 e. The highest BCUT2D eigenvalue weighted by Gasteiger charge is 2.18. The van der Waals surface area contributed by atoms with Crippen LogP contribution in [0.1, 0.15) is 16.1 Å². The van der Waals surface area contributed by atoms with E-state index in [9.17, 15) is 13.2 Å². The Morgan fingerprint density at radius 1 is 1.32 bits per heavy atom. The molecule has 0 spiro atoms. The number of nitrogens with one attached hydrogen (secondary N) is 2. The lowest BCUT2D eigenvalue weighted by Gasteiger charge is -2.09. The fourth-order valence-electron chi connectivity index (χ4n) is 1.87. The molecule has 118 valence electrons. The standard InChI is InChI=1S/C13H15ClN4O3S/c1-8-6-12(18(3)17-8)16-13(19)10-7-9(4-5-11(10)14)22(20,21)15-2/h4-7,15H,1-3H3,(H,16,19). The molecule has 0 bridgehead atoms. The molecule has 1 aromatic heterocycles. The fourth-order valence-corrected chi connectivity index (χ4v) is 2.83. The van der Waals surface area contributed by atoms with Crippen LogP contribution in [0, 0.1) is 6.92 Å². The van der Waals surface area contributed by atoms with Crippen molar-refractivity contribution in [2.75, 3.05) is 12.4 Å². The van der Waals surface area contributed by atoms with Crippen LogP contribution in [-0.2, 0) is 17.1 Å². The lowest BCUT2D eigenvalue weighted by Crippen LogP contribution is -2.20. The molecular weight excluding hydrogens is 328 g/mol. The Labute approximate surface area is 133 Å². The summed E-state index contributed by atoms with van der Waals surface area (Å²) in [4.78, 5) is 12.3. The SMILES string of the molecule is CNS(=O)(=O)c1ccc(Cl)c(C(=O)Nc2cc(C)nn2C)c1. The Balaban J connectivity index is 2.37. The van der Waals surface area contributed by atoms with Gasteiger partial charge in [0, 0.05) is 13.1 Å². The lowest BCUT2D eigenvalue weighted by molar-refractivity contribution is 0.102. The molecule has 0 saturated carbocycles. The van der Waals surface area contributed by atoms with Crippen LogP contribution >= 0.6 is 11.6 Å². The summed E-state index contributed by atoms with van der Waals surface area (Å²) in [6.07, 6.45) is 0. The number of benzene rings is 1. The Kier molecular flexibility index (Phi) is 4.55. The van der Waals surface area contributed by atoms with E-state index in [1.807, 2.05) is 0 Å². The van der Waals surface area contributed by atoms with Gasteiger partial charge in [0.2, 0.25) is 10.0 Å². The number of carbonyl (C=O) groups is 1. The molecule has 1 aromatic carbocycles. The molecule has 9 heteroatoms. The van der Waals surface area contributed by atoms with Gasteiger partial charge in [-0.15, -0.1) is 0 Å². The molecule has 0 unspecified atom stereocenters. The highest BCUT2D eigenvalue weighted by molar-refractivity contribution is 7.89. The van der Waals surface area contributed by atoms with Crippen molar-refractivity contribution >= 4 is 33.3 Å². The van der Waals surface area contributed by atoms with Gasteiger partial charge in [0.05, 0.1) is 21.2 Å². The van der Waals surface area contributed by atoms with Crippen LogP contribution < -0.4 is 10.0 Å². The van der Waals surface area contributed by atoms with E-state index >= 15 is 0 Å². The van der Waals surface area contributed by atoms with Crippen LogP contribution in [0.15, 0.2) is 29.2 Å². The summed E-state index contributed by atoms with van der Waals surface area (Å²) in [6.45, 7) is 1.79. The summed E-state index contributed by atoms with van der Waals surface area (Å²) in [7, 11) is -0.674. The number of rotatable bonds is 4. The largest absolute Gasteiger partial charge is 0.307 e. The van der Waals surface area contributed by atoms with Crippen LogP contribution in [0.2, 0.25) is 5.02 Å². The highest BCUT2D eigenvalue weighted by atomic mass is 35.5. The van der Waals surface area contributed by atoms with E-state index in [4.69, 9.17) is 11.6 Å². The number of halogens is 1. The second-order valence-electron chi connectivity index (χ2n) is 4.60. The van der Waals surface area contributed by atoms with Crippen molar-refractivity contribution in [2.45, 2.75) is 11.8 Å². The van der Waals surface area contributed by atoms with Gasteiger partial charge in [-0.3, -0.25) is 9.48 Å². The van der Waals surface area contributed by atoms with Gasteiger partial charge in [-0.1, -0.05) is 11.6 Å².